The van der Waals surface area contributed by atoms with Crippen molar-refractivity contribution in [2.24, 2.45) is 0 Å². The minimum absolute atomic E-state index is 0.104. The first kappa shape index (κ1) is 16.3. The minimum Gasteiger partial charge on any atom is -0.337 e. The van der Waals surface area contributed by atoms with Crippen molar-refractivity contribution < 1.29 is 9.32 Å². The molecule has 0 saturated carbocycles. The Hall–Kier alpha value is -2.57. The third-order valence-corrected chi connectivity index (χ3v) is 3.54. The van der Waals surface area contributed by atoms with E-state index in [4.69, 9.17) is 27.7 Å². The van der Waals surface area contributed by atoms with Crippen LogP contribution in [0.3, 0.4) is 0 Å². The Morgan fingerprint density at radius 1 is 1.08 bits per heavy atom. The lowest BCUT2D eigenvalue weighted by Crippen LogP contribution is -2.28. The molecule has 0 aliphatic heterocycles. The van der Waals surface area contributed by atoms with Crippen LogP contribution in [-0.2, 0) is 6.54 Å². The van der Waals surface area contributed by atoms with E-state index in [0.29, 0.717) is 27.4 Å². The number of urea groups is 1. The molecule has 3 rings (SSSR count). The highest BCUT2D eigenvalue weighted by atomic mass is 35.5. The molecule has 2 amide bonds. The highest BCUT2D eigenvalue weighted by molar-refractivity contribution is 6.31. The summed E-state index contributed by atoms with van der Waals surface area (Å²) in [6, 6.07) is 13.5. The molecular weight excluding hydrogens is 351 g/mol. The first-order valence-corrected chi connectivity index (χ1v) is 7.75. The summed E-state index contributed by atoms with van der Waals surface area (Å²) in [7, 11) is 0. The first-order valence-electron chi connectivity index (χ1n) is 6.99. The van der Waals surface area contributed by atoms with Gasteiger partial charge in [0.15, 0.2) is 0 Å². The summed E-state index contributed by atoms with van der Waals surface area (Å²) in [6.45, 7) is 0.104. The molecule has 1 heterocycles. The van der Waals surface area contributed by atoms with Gasteiger partial charge in [-0.25, -0.2) is 4.79 Å². The minimum atomic E-state index is -0.400. The molecule has 0 unspecified atom stereocenters. The number of nitrogens with one attached hydrogen (secondary N) is 2. The number of hydrogen-bond acceptors (Lipinski definition) is 4. The average Bonchev–Trinajstić information content (AvgIpc) is 3.03. The van der Waals surface area contributed by atoms with Crippen molar-refractivity contribution in [1.82, 2.24) is 15.5 Å². The number of carbonyl (C=O) groups excluding carboxylic acids is 1. The van der Waals surface area contributed by atoms with Gasteiger partial charge in [0.2, 0.25) is 11.7 Å². The fourth-order valence-electron chi connectivity index (χ4n) is 1.94. The van der Waals surface area contributed by atoms with Gasteiger partial charge in [0.05, 0.1) is 6.54 Å². The molecule has 0 spiro atoms. The Morgan fingerprint density at radius 3 is 2.62 bits per heavy atom. The maximum Gasteiger partial charge on any atom is 0.319 e. The number of halogens is 2. The van der Waals surface area contributed by atoms with E-state index in [-0.39, 0.29) is 6.54 Å². The topological polar surface area (TPSA) is 80.1 Å². The van der Waals surface area contributed by atoms with Gasteiger partial charge in [0.1, 0.15) is 0 Å². The Morgan fingerprint density at radius 2 is 1.88 bits per heavy atom. The quantitative estimate of drug-likeness (QED) is 0.722. The van der Waals surface area contributed by atoms with Gasteiger partial charge in [-0.15, -0.1) is 0 Å². The maximum atomic E-state index is 11.8. The number of nitrogens with zero attached hydrogens (tertiary/aromatic N) is 2. The molecule has 2 N–H and O–H groups in total. The molecular formula is C16H12Cl2N4O2. The van der Waals surface area contributed by atoms with E-state index in [2.05, 4.69) is 20.8 Å². The van der Waals surface area contributed by atoms with Crippen molar-refractivity contribution in [3.05, 3.63) is 64.5 Å². The molecule has 122 valence electrons. The van der Waals surface area contributed by atoms with Crippen LogP contribution in [0.2, 0.25) is 10.0 Å². The third kappa shape index (κ3) is 4.24. The predicted octanol–water partition coefficient (Wildman–Crippen LogP) is 4.37. The highest BCUT2D eigenvalue weighted by Crippen LogP contribution is 2.18. The van der Waals surface area contributed by atoms with Crippen LogP contribution >= 0.6 is 23.2 Å². The SMILES string of the molecule is O=C(NCc1nc(-c2ccc(Cl)cc2)no1)Nc1cccc(Cl)c1. The van der Waals surface area contributed by atoms with Crippen molar-refractivity contribution in [2.45, 2.75) is 6.54 Å². The molecule has 2 aromatic carbocycles. The molecule has 3 aromatic rings. The van der Waals surface area contributed by atoms with Crippen LogP contribution < -0.4 is 10.6 Å². The summed E-state index contributed by atoms with van der Waals surface area (Å²) in [5, 5.41) is 10.3. The zero-order valence-corrected chi connectivity index (χ0v) is 13.8. The number of rotatable bonds is 4. The smallest absolute Gasteiger partial charge is 0.319 e. The van der Waals surface area contributed by atoms with Crippen molar-refractivity contribution >= 4 is 34.9 Å². The van der Waals surface area contributed by atoms with E-state index < -0.39 is 6.03 Å². The lowest BCUT2D eigenvalue weighted by atomic mass is 10.2. The Bertz CT molecular complexity index is 849. The van der Waals surface area contributed by atoms with Gasteiger partial charge in [-0.05, 0) is 42.5 Å². The van der Waals surface area contributed by atoms with Gasteiger partial charge < -0.3 is 15.2 Å². The van der Waals surface area contributed by atoms with E-state index in [0.717, 1.165) is 5.56 Å². The maximum absolute atomic E-state index is 11.8. The molecule has 0 atom stereocenters. The lowest BCUT2D eigenvalue weighted by molar-refractivity contribution is 0.249. The number of hydrogen-bond donors (Lipinski definition) is 2. The van der Waals surface area contributed by atoms with Gasteiger partial charge in [-0.2, -0.15) is 4.98 Å². The van der Waals surface area contributed by atoms with Crippen LogP contribution in [0.4, 0.5) is 10.5 Å². The highest BCUT2D eigenvalue weighted by Gasteiger charge is 2.10. The second-order valence-electron chi connectivity index (χ2n) is 4.84. The summed E-state index contributed by atoms with van der Waals surface area (Å²) in [6.07, 6.45) is 0. The molecule has 0 aliphatic carbocycles. The summed E-state index contributed by atoms with van der Waals surface area (Å²) in [5.41, 5.74) is 1.37. The number of amides is 2. The molecule has 6 nitrogen and oxygen atoms in total. The lowest BCUT2D eigenvalue weighted by Gasteiger charge is -2.05. The van der Waals surface area contributed by atoms with Crippen LogP contribution in [0, 0.1) is 0 Å². The fraction of sp³-hybridized carbons (Fsp3) is 0.0625. The summed E-state index contributed by atoms with van der Waals surface area (Å²) >= 11 is 11.7. The molecule has 0 radical (unpaired) electrons. The Balaban J connectivity index is 1.57. The molecule has 1 aromatic heterocycles. The molecule has 8 heteroatoms. The van der Waals surface area contributed by atoms with E-state index in [9.17, 15) is 4.79 Å². The van der Waals surface area contributed by atoms with Gasteiger partial charge in [0.25, 0.3) is 0 Å². The summed E-state index contributed by atoms with van der Waals surface area (Å²) < 4.78 is 5.11. The van der Waals surface area contributed by atoms with Crippen LogP contribution in [0.5, 0.6) is 0 Å². The molecule has 0 aliphatic rings. The van der Waals surface area contributed by atoms with Gasteiger partial charge in [-0.3, -0.25) is 0 Å². The van der Waals surface area contributed by atoms with Crippen LogP contribution in [0.15, 0.2) is 53.1 Å². The van der Waals surface area contributed by atoms with E-state index in [1.165, 1.54) is 0 Å². The summed E-state index contributed by atoms with van der Waals surface area (Å²) in [5.74, 6) is 0.722. The van der Waals surface area contributed by atoms with Gasteiger partial charge >= 0.3 is 6.03 Å². The standard InChI is InChI=1S/C16H12Cl2N4O2/c17-11-6-4-10(5-7-11)15-21-14(24-22-15)9-19-16(23)20-13-3-1-2-12(18)8-13/h1-8H,9H2,(H2,19,20,23). The average molecular weight is 363 g/mol. The monoisotopic (exact) mass is 362 g/mol. The number of benzene rings is 2. The van der Waals surface area contributed by atoms with Crippen LogP contribution in [-0.4, -0.2) is 16.2 Å². The van der Waals surface area contributed by atoms with E-state index in [1.54, 1.807) is 48.5 Å². The molecule has 0 fully saturated rings. The Kier molecular flexibility index (Phi) is 4.98. The Labute approximate surface area is 147 Å². The fourth-order valence-corrected chi connectivity index (χ4v) is 2.26. The van der Waals surface area contributed by atoms with Gasteiger partial charge in [0, 0.05) is 21.3 Å². The van der Waals surface area contributed by atoms with Crippen LogP contribution in [0.25, 0.3) is 11.4 Å². The van der Waals surface area contributed by atoms with E-state index in [1.807, 2.05) is 0 Å². The third-order valence-electron chi connectivity index (χ3n) is 3.05. The largest absolute Gasteiger partial charge is 0.337 e. The predicted molar refractivity (Wildman–Crippen MR) is 92.1 cm³/mol. The molecule has 0 bridgehead atoms. The van der Waals surface area contributed by atoms with Gasteiger partial charge in [-0.1, -0.05) is 34.4 Å². The van der Waals surface area contributed by atoms with Crippen molar-refractivity contribution in [1.29, 1.82) is 0 Å². The van der Waals surface area contributed by atoms with Crippen molar-refractivity contribution in [3.63, 3.8) is 0 Å². The van der Waals surface area contributed by atoms with Crippen molar-refractivity contribution in [3.8, 4) is 11.4 Å². The van der Waals surface area contributed by atoms with Crippen molar-refractivity contribution in [2.75, 3.05) is 5.32 Å². The molecule has 24 heavy (non-hydrogen) atoms. The van der Waals surface area contributed by atoms with E-state index >= 15 is 0 Å². The number of carbonyl (C=O) groups is 1. The zero-order chi connectivity index (χ0) is 16.9. The number of aromatic nitrogens is 2. The summed E-state index contributed by atoms with van der Waals surface area (Å²) in [4.78, 5) is 16.1. The molecule has 0 saturated heterocycles. The number of anilines is 1. The van der Waals surface area contributed by atoms with Crippen LogP contribution in [0.1, 0.15) is 5.89 Å². The second kappa shape index (κ2) is 7.33. The zero-order valence-electron chi connectivity index (χ0n) is 12.3. The normalized spacial score (nSPS) is 10.4. The second-order valence-corrected chi connectivity index (χ2v) is 5.71. The first-order chi connectivity index (χ1) is 11.6.